The minimum Gasteiger partial charge on any atom is -0.543 e. The number of rotatable bonds is 0. The van der Waals surface area contributed by atoms with Gasteiger partial charge in [-0.15, -0.1) is 0 Å². The van der Waals surface area contributed by atoms with Gasteiger partial charge in [0.15, 0.2) is 0 Å². The molecule has 12 nitrogen and oxygen atoms in total. The Kier molecular flexibility index (Phi) is 783. The zero-order valence-corrected chi connectivity index (χ0v) is 8.63. The number of carbonyl (C=O) groups is 2. The van der Waals surface area contributed by atoms with Gasteiger partial charge in [0.2, 0.25) is 0 Å². The van der Waals surface area contributed by atoms with Gasteiger partial charge in [0.1, 0.15) is 0 Å². The van der Waals surface area contributed by atoms with Crippen LogP contribution in [0.25, 0.3) is 0 Å². The molecule has 0 aromatic rings. The Bertz CT molecular complexity index is 83.0. The van der Waals surface area contributed by atoms with Gasteiger partial charge in [-0.2, -0.15) is 0 Å². The summed E-state index contributed by atoms with van der Waals surface area (Å²) < 4.78 is 0. The first-order chi connectivity index (χ1) is 2.64. The molecule has 0 saturated carbocycles. The fourth-order valence-corrected chi connectivity index (χ4v) is 0. The maximum absolute atomic E-state index is 8.93. The summed E-state index contributed by atoms with van der Waals surface area (Å²) in [6.45, 7) is 0. The van der Waals surface area contributed by atoms with E-state index in [1.165, 1.54) is 0 Å². The van der Waals surface area contributed by atoms with Crippen LogP contribution in [0.15, 0.2) is 0 Å². The van der Waals surface area contributed by atoms with Crippen LogP contribution in [0.4, 0.5) is 0 Å². The largest absolute Gasteiger partial charge is 1.00 e. The van der Waals surface area contributed by atoms with E-state index in [2.05, 4.69) is 0 Å². The summed E-state index contributed by atoms with van der Waals surface area (Å²) in [5.41, 5.74) is 0. The van der Waals surface area contributed by atoms with Gasteiger partial charge in [-0.3, -0.25) is 0 Å². The normalized spacial score (nSPS) is 2.75. The van der Waals surface area contributed by atoms with Crippen LogP contribution in [0.1, 0.15) is 0 Å². The molecule has 0 fully saturated rings. The van der Waals surface area contributed by atoms with Crippen molar-refractivity contribution in [3.63, 3.8) is 0 Å². The van der Waals surface area contributed by atoms with Gasteiger partial charge < -0.3 is 63.6 Å². The molecule has 0 aliphatic heterocycles. The molecular formula is C2H16Li2O12. The van der Waals surface area contributed by atoms with Crippen molar-refractivity contribution in [2.24, 2.45) is 0 Å². The van der Waals surface area contributed by atoms with Gasteiger partial charge in [0.05, 0.1) is 11.9 Å². The molecule has 0 aliphatic carbocycles. The molecule has 0 unspecified atom stereocenters. The zero-order valence-electron chi connectivity index (χ0n) is 8.63. The Morgan fingerprint density at radius 1 is 0.500 bits per heavy atom. The number of hydrogen-bond acceptors (Lipinski definition) is 4. The summed E-state index contributed by atoms with van der Waals surface area (Å²) in [6.07, 6.45) is 0. The van der Waals surface area contributed by atoms with Crippen molar-refractivity contribution in [1.82, 2.24) is 0 Å². The molecule has 14 heteroatoms. The van der Waals surface area contributed by atoms with Crippen LogP contribution in [0.3, 0.4) is 0 Å². The first kappa shape index (κ1) is 150. The van der Waals surface area contributed by atoms with Crippen LogP contribution < -0.4 is 47.9 Å². The first-order valence-electron chi connectivity index (χ1n) is 1.07. The fourth-order valence-electron chi connectivity index (χ4n) is 0. The molecule has 0 aromatic carbocycles. The third kappa shape index (κ3) is 156. The van der Waals surface area contributed by atoms with Crippen molar-refractivity contribution < 1.29 is 101 Å². The van der Waals surface area contributed by atoms with E-state index in [1.807, 2.05) is 0 Å². The van der Waals surface area contributed by atoms with Gasteiger partial charge in [0.25, 0.3) is 0 Å². The summed E-state index contributed by atoms with van der Waals surface area (Å²) in [5, 5.41) is 17.9. The molecule has 0 bridgehead atoms. The Morgan fingerprint density at radius 2 is 0.562 bits per heavy atom. The average molecular weight is 246 g/mol. The van der Waals surface area contributed by atoms with E-state index < -0.39 is 11.9 Å². The summed E-state index contributed by atoms with van der Waals surface area (Å²) >= 11 is 0. The predicted molar refractivity (Wildman–Crippen MR) is 38.9 cm³/mol. The van der Waals surface area contributed by atoms with Crippen LogP contribution in [0, 0.1) is 0 Å². The fraction of sp³-hybridized carbons (Fsp3) is 0. The smallest absolute Gasteiger partial charge is 0.543 e. The number of hydrogen-bond donors (Lipinski definition) is 0. The van der Waals surface area contributed by atoms with E-state index in [1.54, 1.807) is 0 Å². The number of carboxylic acid groups (broad SMARTS) is 2. The van der Waals surface area contributed by atoms with Crippen molar-refractivity contribution in [1.29, 1.82) is 0 Å². The van der Waals surface area contributed by atoms with Crippen LogP contribution >= 0.6 is 0 Å². The van der Waals surface area contributed by atoms with Crippen LogP contribution in [-0.4, -0.2) is 55.7 Å². The van der Waals surface area contributed by atoms with Gasteiger partial charge in [-0.05, 0) is 0 Å². The summed E-state index contributed by atoms with van der Waals surface area (Å²) in [6, 6.07) is 0. The maximum atomic E-state index is 8.93. The molecule has 0 saturated heterocycles. The molecule has 0 atom stereocenters. The molecule has 0 heterocycles. The van der Waals surface area contributed by atoms with E-state index in [9.17, 15) is 0 Å². The Hall–Kier alpha value is -0.185. The second-order valence-electron chi connectivity index (χ2n) is 0.575. The zero-order chi connectivity index (χ0) is 5.15. The van der Waals surface area contributed by atoms with Gasteiger partial charge in [-0.25, -0.2) is 0 Å². The number of carbonyl (C=O) groups excluding carboxylic acids is 2. The van der Waals surface area contributed by atoms with Crippen LogP contribution in [0.5, 0.6) is 0 Å². The van der Waals surface area contributed by atoms with E-state index in [0.717, 1.165) is 0 Å². The second-order valence-corrected chi connectivity index (χ2v) is 0.575. The van der Waals surface area contributed by atoms with Crippen molar-refractivity contribution in [3.8, 4) is 0 Å². The van der Waals surface area contributed by atoms with E-state index in [-0.39, 0.29) is 81.5 Å². The Labute approximate surface area is 113 Å². The third-order valence-corrected chi connectivity index (χ3v) is 0.167. The molecule has 0 aromatic heterocycles. The van der Waals surface area contributed by atoms with E-state index in [0.29, 0.717) is 0 Å². The van der Waals surface area contributed by atoms with Crippen molar-refractivity contribution >= 4 is 11.9 Å². The molecule has 0 rings (SSSR count). The Morgan fingerprint density at radius 3 is 0.562 bits per heavy atom. The molecule has 16 N–H and O–H groups in total. The quantitative estimate of drug-likeness (QED) is 0.296. The molecule has 0 aliphatic rings. The molecule has 0 spiro atoms. The van der Waals surface area contributed by atoms with Crippen molar-refractivity contribution in [2.45, 2.75) is 0 Å². The molecule has 0 radical (unpaired) electrons. The van der Waals surface area contributed by atoms with Crippen molar-refractivity contribution in [2.75, 3.05) is 0 Å². The van der Waals surface area contributed by atoms with Crippen LogP contribution in [-0.2, 0) is 9.59 Å². The summed E-state index contributed by atoms with van der Waals surface area (Å²) in [4.78, 5) is 17.9. The molecule has 98 valence electrons. The molecule has 0 amide bonds. The monoisotopic (exact) mass is 246 g/mol. The minimum absolute atomic E-state index is 0. The van der Waals surface area contributed by atoms with E-state index in [4.69, 9.17) is 19.8 Å². The third-order valence-electron chi connectivity index (χ3n) is 0.167. The SMILES string of the molecule is O.O.O.O.O.O.O.O.O=C([O-])C(=O)[O-].[Li+].[Li+]. The second kappa shape index (κ2) is 83.6. The Balaban J connectivity index is -0.00000000278. The van der Waals surface area contributed by atoms with Gasteiger partial charge in [-0.1, -0.05) is 0 Å². The van der Waals surface area contributed by atoms with E-state index >= 15 is 0 Å². The number of carboxylic acids is 2. The average Bonchev–Trinajstić information content (AvgIpc) is 1.36. The predicted octanol–water partition coefficient (Wildman–Crippen LogP) is -16.1. The topological polar surface area (TPSA) is 332 Å². The summed E-state index contributed by atoms with van der Waals surface area (Å²) in [5.74, 6) is -4.37. The van der Waals surface area contributed by atoms with Crippen molar-refractivity contribution in [3.05, 3.63) is 0 Å². The summed E-state index contributed by atoms with van der Waals surface area (Å²) in [7, 11) is 0. The first-order valence-corrected chi connectivity index (χ1v) is 1.07. The molecular weight excluding hydrogens is 230 g/mol. The maximum Gasteiger partial charge on any atom is 1.00 e. The molecule has 16 heavy (non-hydrogen) atoms. The number of aliphatic carboxylic acids is 2. The van der Waals surface area contributed by atoms with Gasteiger partial charge in [0, 0.05) is 0 Å². The minimum atomic E-state index is -2.19. The van der Waals surface area contributed by atoms with Crippen LogP contribution in [0.2, 0.25) is 0 Å². The standard InChI is InChI=1S/C2H2O4.2Li.8H2O/c3-1(4)2(5)6;;;;;;;;;;/h(H,3,4)(H,5,6);;;8*1H2/q;2*+1;;;;;;;;/p-2. The van der Waals surface area contributed by atoms with Gasteiger partial charge >= 0.3 is 37.7 Å².